The van der Waals surface area contributed by atoms with Gasteiger partial charge in [0.05, 0.1) is 11.5 Å². The molecule has 1 aliphatic heterocycles. The Labute approximate surface area is 110 Å². The van der Waals surface area contributed by atoms with Gasteiger partial charge < -0.3 is 5.11 Å². The van der Waals surface area contributed by atoms with E-state index >= 15 is 0 Å². The molecular weight excluding hydrogens is 278 g/mol. The Bertz CT molecular complexity index is 483. The van der Waals surface area contributed by atoms with Gasteiger partial charge >= 0.3 is 0 Å². The van der Waals surface area contributed by atoms with Gasteiger partial charge in [0.2, 0.25) is 10.0 Å². The maximum atomic E-state index is 12.4. The van der Waals surface area contributed by atoms with Crippen LogP contribution in [0, 0.1) is 0 Å². The van der Waals surface area contributed by atoms with Crippen molar-refractivity contribution in [2.45, 2.75) is 24.5 Å². The Hall–Kier alpha value is -0.0800. The molecule has 0 radical (unpaired) electrons. The first kappa shape index (κ1) is 13.4. The molecule has 1 N–H and O–H groups in total. The van der Waals surface area contributed by atoms with E-state index in [-0.39, 0.29) is 12.6 Å². The smallest absolute Gasteiger partial charge is 0.244 e. The molecular formula is C10H15NO3S3. The molecule has 1 aliphatic rings. The molecule has 1 fully saturated rings. The topological polar surface area (TPSA) is 57.6 Å². The Morgan fingerprint density at radius 3 is 2.94 bits per heavy atom. The van der Waals surface area contributed by atoms with Crippen LogP contribution in [0.25, 0.3) is 0 Å². The van der Waals surface area contributed by atoms with Gasteiger partial charge in [0.15, 0.2) is 0 Å². The van der Waals surface area contributed by atoms with E-state index in [2.05, 4.69) is 0 Å². The van der Waals surface area contributed by atoms with Crippen LogP contribution in [-0.4, -0.2) is 41.9 Å². The van der Waals surface area contributed by atoms with Crippen molar-refractivity contribution in [3.8, 4) is 0 Å². The highest BCUT2D eigenvalue weighted by atomic mass is 32.2. The second-order valence-electron chi connectivity index (χ2n) is 3.95. The van der Waals surface area contributed by atoms with Crippen LogP contribution >= 0.6 is 23.1 Å². The number of hydrogen-bond donors (Lipinski definition) is 1. The molecule has 0 spiro atoms. The van der Waals surface area contributed by atoms with Gasteiger partial charge in [-0.3, -0.25) is 0 Å². The molecule has 0 aliphatic carbocycles. The molecule has 0 aromatic carbocycles. The van der Waals surface area contributed by atoms with Crippen molar-refractivity contribution in [2.24, 2.45) is 0 Å². The quantitative estimate of drug-likeness (QED) is 0.914. The van der Waals surface area contributed by atoms with Gasteiger partial charge in [-0.1, -0.05) is 0 Å². The van der Waals surface area contributed by atoms with E-state index in [1.165, 1.54) is 11.3 Å². The first-order valence-electron chi connectivity index (χ1n) is 5.33. The first-order chi connectivity index (χ1) is 8.05. The number of rotatable bonds is 3. The van der Waals surface area contributed by atoms with E-state index in [4.69, 9.17) is 5.11 Å². The van der Waals surface area contributed by atoms with E-state index in [0.29, 0.717) is 16.3 Å². The lowest BCUT2D eigenvalue weighted by molar-refractivity contribution is 0.285. The minimum absolute atomic E-state index is 0.0382. The summed E-state index contributed by atoms with van der Waals surface area (Å²) in [6.45, 7) is 2.40. The zero-order valence-corrected chi connectivity index (χ0v) is 11.9. The van der Waals surface area contributed by atoms with Crippen molar-refractivity contribution in [1.29, 1.82) is 0 Å². The number of hydrogen-bond acceptors (Lipinski definition) is 5. The standard InChI is InChI=1S/C10H15NO3S3/c1-8-6-15-3-2-11(8)17(13,14)10-4-9(5-12)16-7-10/h4,7-8,12H,2-3,5-6H2,1H3. The maximum absolute atomic E-state index is 12.4. The average Bonchev–Trinajstić information content (AvgIpc) is 2.78. The summed E-state index contributed by atoms with van der Waals surface area (Å²) >= 11 is 3.06. The number of aliphatic hydroxyl groups is 1. The van der Waals surface area contributed by atoms with Crippen molar-refractivity contribution in [2.75, 3.05) is 18.1 Å². The molecule has 1 aromatic heterocycles. The number of thioether (sulfide) groups is 1. The van der Waals surface area contributed by atoms with E-state index in [9.17, 15) is 8.42 Å². The Kier molecular flexibility index (Phi) is 4.14. The summed E-state index contributed by atoms with van der Waals surface area (Å²) in [4.78, 5) is 0.993. The van der Waals surface area contributed by atoms with E-state index in [1.807, 2.05) is 6.92 Å². The molecule has 2 rings (SSSR count). The predicted octanol–water partition coefficient (Wildman–Crippen LogP) is 1.37. The molecule has 0 saturated carbocycles. The van der Waals surface area contributed by atoms with Crippen LogP contribution in [-0.2, 0) is 16.6 Å². The van der Waals surface area contributed by atoms with Crippen LogP contribution < -0.4 is 0 Å². The van der Waals surface area contributed by atoms with E-state index in [0.717, 1.165) is 11.5 Å². The normalized spacial score (nSPS) is 22.8. The highest BCUT2D eigenvalue weighted by molar-refractivity contribution is 7.99. The monoisotopic (exact) mass is 293 g/mol. The minimum atomic E-state index is -3.38. The summed E-state index contributed by atoms with van der Waals surface area (Å²) in [7, 11) is -3.38. The van der Waals surface area contributed by atoms with Gasteiger partial charge in [-0.25, -0.2) is 8.42 Å². The molecule has 0 bridgehead atoms. The average molecular weight is 293 g/mol. The Morgan fingerprint density at radius 2 is 2.35 bits per heavy atom. The fourth-order valence-electron chi connectivity index (χ4n) is 1.78. The third-order valence-electron chi connectivity index (χ3n) is 2.70. The van der Waals surface area contributed by atoms with Crippen molar-refractivity contribution < 1.29 is 13.5 Å². The third kappa shape index (κ3) is 2.68. The fourth-order valence-corrected chi connectivity index (χ4v) is 5.76. The number of nitrogens with zero attached hydrogens (tertiary/aromatic N) is 1. The Balaban J connectivity index is 2.28. The van der Waals surface area contributed by atoms with Gasteiger partial charge in [-0.2, -0.15) is 16.1 Å². The lowest BCUT2D eigenvalue weighted by atomic mass is 10.4. The first-order valence-corrected chi connectivity index (χ1v) is 8.81. The molecule has 1 unspecified atom stereocenters. The molecule has 96 valence electrons. The van der Waals surface area contributed by atoms with Crippen molar-refractivity contribution >= 4 is 33.1 Å². The molecule has 1 aromatic rings. The molecule has 2 heterocycles. The van der Waals surface area contributed by atoms with E-state index < -0.39 is 10.0 Å². The summed E-state index contributed by atoms with van der Waals surface area (Å²) in [5.41, 5.74) is 0. The summed E-state index contributed by atoms with van der Waals surface area (Å²) < 4.78 is 26.3. The molecule has 1 atom stereocenters. The highest BCUT2D eigenvalue weighted by Gasteiger charge is 2.31. The lowest BCUT2D eigenvalue weighted by Crippen LogP contribution is -2.44. The summed E-state index contributed by atoms with van der Waals surface area (Å²) in [5, 5.41) is 10.6. The zero-order chi connectivity index (χ0) is 12.5. The highest BCUT2D eigenvalue weighted by Crippen LogP contribution is 2.27. The van der Waals surface area contributed by atoms with E-state index in [1.54, 1.807) is 27.5 Å². The zero-order valence-electron chi connectivity index (χ0n) is 9.50. The Morgan fingerprint density at radius 1 is 1.59 bits per heavy atom. The van der Waals surface area contributed by atoms with Gasteiger partial charge in [0.25, 0.3) is 0 Å². The molecule has 0 amide bonds. The lowest BCUT2D eigenvalue weighted by Gasteiger charge is -2.31. The maximum Gasteiger partial charge on any atom is 0.244 e. The SMILES string of the molecule is CC1CSCCN1S(=O)(=O)c1csc(CO)c1. The molecule has 7 heteroatoms. The van der Waals surface area contributed by atoms with Crippen LogP contribution in [0.2, 0.25) is 0 Å². The number of thiophene rings is 1. The van der Waals surface area contributed by atoms with Crippen molar-refractivity contribution in [3.05, 3.63) is 16.3 Å². The molecule has 1 saturated heterocycles. The van der Waals surface area contributed by atoms with Gasteiger partial charge in [-0.15, -0.1) is 11.3 Å². The third-order valence-corrected chi connectivity index (χ3v) is 6.95. The van der Waals surface area contributed by atoms with Gasteiger partial charge in [0, 0.05) is 34.3 Å². The van der Waals surface area contributed by atoms with Gasteiger partial charge in [-0.05, 0) is 13.0 Å². The van der Waals surface area contributed by atoms with Crippen LogP contribution in [0.1, 0.15) is 11.8 Å². The largest absolute Gasteiger partial charge is 0.391 e. The predicted molar refractivity (Wildman–Crippen MR) is 70.9 cm³/mol. The fraction of sp³-hybridized carbons (Fsp3) is 0.600. The second kappa shape index (κ2) is 5.27. The second-order valence-corrected chi connectivity index (χ2v) is 7.98. The van der Waals surface area contributed by atoms with Crippen LogP contribution in [0.4, 0.5) is 0 Å². The summed E-state index contributed by atoms with van der Waals surface area (Å²) in [6.07, 6.45) is 0. The van der Waals surface area contributed by atoms with Gasteiger partial charge in [0.1, 0.15) is 0 Å². The summed E-state index contributed by atoms with van der Waals surface area (Å²) in [6, 6.07) is 1.60. The number of aliphatic hydroxyl groups excluding tert-OH is 1. The van der Waals surface area contributed by atoms with Crippen molar-refractivity contribution in [3.63, 3.8) is 0 Å². The minimum Gasteiger partial charge on any atom is -0.391 e. The van der Waals surface area contributed by atoms with Crippen LogP contribution in [0.5, 0.6) is 0 Å². The number of sulfonamides is 1. The molecule has 17 heavy (non-hydrogen) atoms. The van der Waals surface area contributed by atoms with Crippen LogP contribution in [0.3, 0.4) is 0 Å². The van der Waals surface area contributed by atoms with Crippen LogP contribution in [0.15, 0.2) is 16.3 Å². The van der Waals surface area contributed by atoms with Crippen molar-refractivity contribution in [1.82, 2.24) is 4.31 Å². The molecule has 4 nitrogen and oxygen atoms in total. The summed E-state index contributed by atoms with van der Waals surface area (Å²) in [5.74, 6) is 1.69.